The Bertz CT molecular complexity index is 1430. The van der Waals surface area contributed by atoms with Crippen LogP contribution >= 0.6 is 0 Å². The highest BCUT2D eigenvalue weighted by molar-refractivity contribution is 5.39. The van der Waals surface area contributed by atoms with Gasteiger partial charge in [-0.25, -0.2) is 9.78 Å². The van der Waals surface area contributed by atoms with Crippen molar-refractivity contribution in [3.8, 4) is 11.5 Å². The van der Waals surface area contributed by atoms with Crippen molar-refractivity contribution in [1.82, 2.24) is 14.1 Å². The summed E-state index contributed by atoms with van der Waals surface area (Å²) in [6.07, 6.45) is 0. The van der Waals surface area contributed by atoms with Gasteiger partial charge in [-0.3, -0.25) is 13.9 Å². The third-order valence-corrected chi connectivity index (χ3v) is 5.79. The van der Waals surface area contributed by atoms with Gasteiger partial charge in [0.15, 0.2) is 0 Å². The minimum absolute atomic E-state index is 0.149. The van der Waals surface area contributed by atoms with E-state index < -0.39 is 5.69 Å². The van der Waals surface area contributed by atoms with Crippen LogP contribution in [0.3, 0.4) is 0 Å². The molecule has 0 fully saturated rings. The molecule has 0 spiro atoms. The summed E-state index contributed by atoms with van der Waals surface area (Å²) in [4.78, 5) is 31.1. The molecule has 0 aliphatic heterocycles. The quantitative estimate of drug-likeness (QED) is 0.354. The summed E-state index contributed by atoms with van der Waals surface area (Å²) in [5, 5.41) is 6.24. The standard InChI is InChI=1S/C27H29N5O4/c1-28-24-6-4-5-21(30-24)16-29-25-15-26(33)32(18-20-9-13-23(36-3)14-10-20)27(34)31(25)17-19-7-11-22(35-2)12-8-19/h4-15,29H,16-18H2,1-3H3,(H,28,30). The van der Waals surface area contributed by atoms with E-state index in [-0.39, 0.29) is 18.6 Å². The summed E-state index contributed by atoms with van der Waals surface area (Å²) >= 11 is 0. The summed E-state index contributed by atoms with van der Waals surface area (Å²) in [6.45, 7) is 0.772. The fraction of sp³-hybridized carbons (Fsp3) is 0.222. The van der Waals surface area contributed by atoms with Crippen molar-refractivity contribution < 1.29 is 9.47 Å². The van der Waals surface area contributed by atoms with Crippen molar-refractivity contribution in [2.24, 2.45) is 0 Å². The number of rotatable bonds is 10. The summed E-state index contributed by atoms with van der Waals surface area (Å²) in [5.74, 6) is 2.59. The number of nitrogens with one attached hydrogen (secondary N) is 2. The molecule has 9 heteroatoms. The van der Waals surface area contributed by atoms with Crippen LogP contribution in [-0.4, -0.2) is 35.4 Å². The van der Waals surface area contributed by atoms with Gasteiger partial charge in [-0.15, -0.1) is 0 Å². The first-order valence-corrected chi connectivity index (χ1v) is 11.5. The molecule has 36 heavy (non-hydrogen) atoms. The molecule has 2 heterocycles. The number of methoxy groups -OCH3 is 2. The second kappa shape index (κ2) is 11.3. The highest BCUT2D eigenvalue weighted by Gasteiger charge is 2.13. The van der Waals surface area contributed by atoms with Crippen LogP contribution in [0.5, 0.6) is 11.5 Å². The number of pyridine rings is 1. The maximum Gasteiger partial charge on any atom is 0.333 e. The fourth-order valence-corrected chi connectivity index (χ4v) is 3.79. The lowest BCUT2D eigenvalue weighted by atomic mass is 10.2. The largest absolute Gasteiger partial charge is 0.497 e. The zero-order valence-electron chi connectivity index (χ0n) is 20.5. The average Bonchev–Trinajstić information content (AvgIpc) is 2.92. The average molecular weight is 488 g/mol. The van der Waals surface area contributed by atoms with E-state index >= 15 is 0 Å². The van der Waals surface area contributed by atoms with E-state index in [0.29, 0.717) is 18.1 Å². The van der Waals surface area contributed by atoms with Gasteiger partial charge in [0.05, 0.1) is 39.5 Å². The number of anilines is 2. The van der Waals surface area contributed by atoms with Gasteiger partial charge in [0, 0.05) is 13.1 Å². The number of hydrogen-bond acceptors (Lipinski definition) is 7. The smallest absolute Gasteiger partial charge is 0.333 e. The first-order chi connectivity index (χ1) is 17.5. The van der Waals surface area contributed by atoms with Gasteiger partial charge >= 0.3 is 5.69 Å². The zero-order valence-corrected chi connectivity index (χ0v) is 20.5. The third-order valence-electron chi connectivity index (χ3n) is 5.79. The van der Waals surface area contributed by atoms with Crippen molar-refractivity contribution >= 4 is 11.6 Å². The molecular weight excluding hydrogens is 458 g/mol. The molecule has 0 saturated heterocycles. The lowest BCUT2D eigenvalue weighted by Crippen LogP contribution is -2.41. The summed E-state index contributed by atoms with van der Waals surface area (Å²) in [6, 6.07) is 21.9. The van der Waals surface area contributed by atoms with Crippen molar-refractivity contribution in [3.05, 3.63) is 110 Å². The molecule has 2 N–H and O–H groups in total. The molecule has 0 radical (unpaired) electrons. The minimum atomic E-state index is -0.409. The molecule has 9 nitrogen and oxygen atoms in total. The highest BCUT2D eigenvalue weighted by atomic mass is 16.5. The Morgan fingerprint density at radius 3 is 1.94 bits per heavy atom. The molecule has 0 amide bonds. The van der Waals surface area contributed by atoms with Crippen LogP contribution in [0.25, 0.3) is 0 Å². The number of benzene rings is 2. The Balaban J connectivity index is 1.69. The SMILES string of the molecule is CNc1cccc(CNc2cc(=O)n(Cc3ccc(OC)cc3)c(=O)n2Cc2ccc(OC)cc2)n1. The molecule has 4 rings (SSSR count). The second-order valence-corrected chi connectivity index (χ2v) is 8.14. The first kappa shape index (κ1) is 24.6. The fourth-order valence-electron chi connectivity index (χ4n) is 3.79. The van der Waals surface area contributed by atoms with Gasteiger partial charge < -0.3 is 20.1 Å². The van der Waals surface area contributed by atoms with Gasteiger partial charge in [0.25, 0.3) is 5.56 Å². The van der Waals surface area contributed by atoms with Crippen molar-refractivity contribution in [2.75, 3.05) is 31.9 Å². The van der Waals surface area contributed by atoms with Gasteiger partial charge in [0.2, 0.25) is 0 Å². The predicted octanol–water partition coefficient (Wildman–Crippen LogP) is 3.17. The Morgan fingerprint density at radius 2 is 1.39 bits per heavy atom. The molecule has 0 unspecified atom stereocenters. The zero-order chi connectivity index (χ0) is 25.5. The van der Waals surface area contributed by atoms with Gasteiger partial charge in [0.1, 0.15) is 23.1 Å². The second-order valence-electron chi connectivity index (χ2n) is 8.14. The monoisotopic (exact) mass is 487 g/mol. The molecule has 4 aromatic rings. The van der Waals surface area contributed by atoms with E-state index in [9.17, 15) is 9.59 Å². The van der Waals surface area contributed by atoms with Crippen LogP contribution in [0.4, 0.5) is 11.6 Å². The first-order valence-electron chi connectivity index (χ1n) is 11.5. The normalized spacial score (nSPS) is 10.6. The predicted molar refractivity (Wildman–Crippen MR) is 140 cm³/mol. The van der Waals surface area contributed by atoms with E-state index in [0.717, 1.165) is 28.4 Å². The molecule has 0 atom stereocenters. The molecule has 186 valence electrons. The summed E-state index contributed by atoms with van der Waals surface area (Å²) in [7, 11) is 5.00. The molecule has 0 aliphatic rings. The van der Waals surface area contributed by atoms with Gasteiger partial charge in [-0.1, -0.05) is 30.3 Å². The maximum absolute atomic E-state index is 13.6. The van der Waals surface area contributed by atoms with Crippen molar-refractivity contribution in [3.63, 3.8) is 0 Å². The Labute approximate surface area is 209 Å². The number of nitrogens with zero attached hydrogens (tertiary/aromatic N) is 3. The highest BCUT2D eigenvalue weighted by Crippen LogP contribution is 2.15. The summed E-state index contributed by atoms with van der Waals surface area (Å²) in [5.41, 5.74) is 1.69. The molecule has 2 aromatic heterocycles. The molecule has 2 aromatic carbocycles. The van der Waals surface area contributed by atoms with Crippen LogP contribution < -0.4 is 31.4 Å². The van der Waals surface area contributed by atoms with Crippen LogP contribution in [0.15, 0.2) is 82.4 Å². The summed E-state index contributed by atoms with van der Waals surface area (Å²) < 4.78 is 13.2. The lowest BCUT2D eigenvalue weighted by Gasteiger charge is -2.17. The van der Waals surface area contributed by atoms with Crippen LogP contribution in [0.2, 0.25) is 0 Å². The third kappa shape index (κ3) is 5.75. The Morgan fingerprint density at radius 1 is 0.806 bits per heavy atom. The van der Waals surface area contributed by atoms with Gasteiger partial charge in [-0.05, 0) is 47.5 Å². The van der Waals surface area contributed by atoms with Crippen molar-refractivity contribution in [1.29, 1.82) is 0 Å². The van der Waals surface area contributed by atoms with Gasteiger partial charge in [-0.2, -0.15) is 0 Å². The molecule has 0 bridgehead atoms. The Hall–Kier alpha value is -4.53. The number of ether oxygens (including phenoxy) is 2. The number of hydrogen-bond donors (Lipinski definition) is 2. The van der Waals surface area contributed by atoms with E-state index in [1.165, 1.54) is 10.6 Å². The Kier molecular flexibility index (Phi) is 7.69. The van der Waals surface area contributed by atoms with E-state index in [4.69, 9.17) is 9.47 Å². The van der Waals surface area contributed by atoms with E-state index in [1.807, 2.05) is 54.6 Å². The molecule has 0 saturated carbocycles. The maximum atomic E-state index is 13.6. The molecule has 0 aliphatic carbocycles. The number of aromatic nitrogens is 3. The van der Waals surface area contributed by atoms with E-state index in [2.05, 4.69) is 15.6 Å². The van der Waals surface area contributed by atoms with Crippen LogP contribution in [0.1, 0.15) is 16.8 Å². The van der Waals surface area contributed by atoms with Crippen LogP contribution in [0, 0.1) is 0 Å². The van der Waals surface area contributed by atoms with Crippen LogP contribution in [-0.2, 0) is 19.6 Å². The molecular formula is C27H29N5O4. The lowest BCUT2D eigenvalue weighted by molar-refractivity contribution is 0.414. The minimum Gasteiger partial charge on any atom is -0.497 e. The van der Waals surface area contributed by atoms with E-state index in [1.54, 1.807) is 38.0 Å². The van der Waals surface area contributed by atoms with Crippen molar-refractivity contribution in [2.45, 2.75) is 19.6 Å². The topological polar surface area (TPSA) is 99.4 Å².